The molecule has 0 saturated heterocycles. The van der Waals surface area contributed by atoms with Crippen LogP contribution in [0.15, 0.2) is 0 Å². The standard InChI is InChI=1S/C19H38N2O2/c1-13(2)8-17(12-20-18(22)23-19(5,6)7)21-16-10-14(3)9-15(4)11-16/h13-17,21H,8-12H2,1-7H3,(H,20,22). The molecule has 0 bridgehead atoms. The van der Waals surface area contributed by atoms with E-state index < -0.39 is 5.60 Å². The van der Waals surface area contributed by atoms with Gasteiger partial charge < -0.3 is 15.4 Å². The molecule has 1 fully saturated rings. The van der Waals surface area contributed by atoms with Gasteiger partial charge in [-0.05, 0) is 64.2 Å². The Kier molecular flexibility index (Phi) is 7.85. The Hall–Kier alpha value is -0.770. The quantitative estimate of drug-likeness (QED) is 0.763. The van der Waals surface area contributed by atoms with Crippen molar-refractivity contribution in [3.63, 3.8) is 0 Å². The zero-order chi connectivity index (χ0) is 17.6. The second-order valence-corrected chi connectivity index (χ2v) is 8.99. The van der Waals surface area contributed by atoms with Gasteiger partial charge in [-0.2, -0.15) is 0 Å². The van der Waals surface area contributed by atoms with Crippen LogP contribution in [0.5, 0.6) is 0 Å². The van der Waals surface area contributed by atoms with Crippen molar-refractivity contribution in [2.75, 3.05) is 6.54 Å². The fourth-order valence-corrected chi connectivity index (χ4v) is 3.72. The van der Waals surface area contributed by atoms with Gasteiger partial charge in [0.1, 0.15) is 5.60 Å². The highest BCUT2D eigenvalue weighted by molar-refractivity contribution is 5.67. The van der Waals surface area contributed by atoms with Gasteiger partial charge in [0.15, 0.2) is 0 Å². The molecule has 0 aromatic rings. The number of alkyl carbamates (subject to hydrolysis) is 1. The topological polar surface area (TPSA) is 50.4 Å². The predicted octanol–water partition coefficient (Wildman–Crippen LogP) is 4.34. The summed E-state index contributed by atoms with van der Waals surface area (Å²) < 4.78 is 5.34. The minimum atomic E-state index is -0.445. The second kappa shape index (κ2) is 8.91. The zero-order valence-corrected chi connectivity index (χ0v) is 16.2. The molecule has 0 aliphatic heterocycles. The molecule has 0 aromatic heterocycles. The van der Waals surface area contributed by atoms with E-state index in [0.29, 0.717) is 24.5 Å². The van der Waals surface area contributed by atoms with Crippen LogP contribution in [0, 0.1) is 17.8 Å². The van der Waals surface area contributed by atoms with Gasteiger partial charge in [-0.25, -0.2) is 4.79 Å². The highest BCUT2D eigenvalue weighted by atomic mass is 16.6. The molecule has 1 saturated carbocycles. The molecule has 136 valence electrons. The molecule has 3 atom stereocenters. The molecule has 1 aliphatic carbocycles. The van der Waals surface area contributed by atoms with E-state index in [9.17, 15) is 4.79 Å². The number of carbonyl (C=O) groups excluding carboxylic acids is 1. The highest BCUT2D eigenvalue weighted by Gasteiger charge is 2.26. The number of hydrogen-bond donors (Lipinski definition) is 2. The van der Waals surface area contributed by atoms with Crippen molar-refractivity contribution in [2.24, 2.45) is 17.8 Å². The van der Waals surface area contributed by atoms with Crippen LogP contribution in [0.4, 0.5) is 4.79 Å². The first-order valence-electron chi connectivity index (χ1n) is 9.28. The van der Waals surface area contributed by atoms with Gasteiger partial charge in [0.25, 0.3) is 0 Å². The van der Waals surface area contributed by atoms with E-state index in [1.54, 1.807) is 0 Å². The largest absolute Gasteiger partial charge is 0.444 e. The molecule has 0 radical (unpaired) electrons. The number of hydrogen-bond acceptors (Lipinski definition) is 3. The van der Waals surface area contributed by atoms with Crippen LogP contribution in [-0.2, 0) is 4.74 Å². The van der Waals surface area contributed by atoms with Crippen LogP contribution >= 0.6 is 0 Å². The molecule has 3 unspecified atom stereocenters. The zero-order valence-electron chi connectivity index (χ0n) is 16.2. The molecule has 4 nitrogen and oxygen atoms in total. The van der Waals surface area contributed by atoms with E-state index in [4.69, 9.17) is 4.74 Å². The molecule has 0 heterocycles. The average molecular weight is 327 g/mol. The fourth-order valence-electron chi connectivity index (χ4n) is 3.72. The first-order chi connectivity index (χ1) is 10.5. The van der Waals surface area contributed by atoms with Gasteiger partial charge in [0.05, 0.1) is 0 Å². The predicted molar refractivity (Wildman–Crippen MR) is 96.6 cm³/mol. The molecular formula is C19H38N2O2. The summed E-state index contributed by atoms with van der Waals surface area (Å²) in [5.41, 5.74) is -0.445. The van der Waals surface area contributed by atoms with E-state index in [2.05, 4.69) is 38.3 Å². The molecule has 1 aliphatic rings. The molecule has 0 aromatic carbocycles. The van der Waals surface area contributed by atoms with Gasteiger partial charge in [0.2, 0.25) is 0 Å². The summed E-state index contributed by atoms with van der Waals surface area (Å²) in [6.07, 6.45) is 4.56. The normalized spacial score (nSPS) is 26.9. The van der Waals surface area contributed by atoms with Crippen LogP contribution in [0.3, 0.4) is 0 Å². The lowest BCUT2D eigenvalue weighted by atomic mass is 9.80. The van der Waals surface area contributed by atoms with Gasteiger partial charge >= 0.3 is 6.09 Å². The Morgan fingerprint density at radius 2 is 1.70 bits per heavy atom. The van der Waals surface area contributed by atoms with Crippen molar-refractivity contribution in [3.05, 3.63) is 0 Å². The van der Waals surface area contributed by atoms with Crippen LogP contribution in [0.25, 0.3) is 0 Å². The number of ether oxygens (including phenoxy) is 1. The van der Waals surface area contributed by atoms with Crippen molar-refractivity contribution >= 4 is 6.09 Å². The Labute approximate surface area is 143 Å². The molecule has 4 heteroatoms. The summed E-state index contributed by atoms with van der Waals surface area (Å²) in [5, 5.41) is 6.73. The maximum absolute atomic E-state index is 11.9. The fraction of sp³-hybridized carbons (Fsp3) is 0.947. The lowest BCUT2D eigenvalue weighted by molar-refractivity contribution is 0.0518. The SMILES string of the molecule is CC(C)CC(CNC(=O)OC(C)(C)C)NC1CC(C)CC(C)C1. The van der Waals surface area contributed by atoms with Crippen LogP contribution in [-0.4, -0.2) is 30.3 Å². The van der Waals surface area contributed by atoms with Crippen molar-refractivity contribution in [1.29, 1.82) is 0 Å². The summed E-state index contributed by atoms with van der Waals surface area (Å²) in [7, 11) is 0. The Bertz CT molecular complexity index is 353. The van der Waals surface area contributed by atoms with Crippen molar-refractivity contribution < 1.29 is 9.53 Å². The highest BCUT2D eigenvalue weighted by Crippen LogP contribution is 2.29. The minimum absolute atomic E-state index is 0.310. The molecular weight excluding hydrogens is 288 g/mol. The van der Waals surface area contributed by atoms with Crippen LogP contribution in [0.2, 0.25) is 0 Å². The van der Waals surface area contributed by atoms with E-state index in [1.807, 2.05) is 20.8 Å². The van der Waals surface area contributed by atoms with E-state index >= 15 is 0 Å². The monoisotopic (exact) mass is 326 g/mol. The van der Waals surface area contributed by atoms with Gasteiger partial charge in [-0.3, -0.25) is 0 Å². The van der Waals surface area contributed by atoms with Crippen molar-refractivity contribution in [2.45, 2.75) is 91.8 Å². The van der Waals surface area contributed by atoms with E-state index in [-0.39, 0.29) is 6.09 Å². The lowest BCUT2D eigenvalue weighted by Gasteiger charge is -2.35. The minimum Gasteiger partial charge on any atom is -0.444 e. The van der Waals surface area contributed by atoms with Gasteiger partial charge in [0, 0.05) is 18.6 Å². The molecule has 1 amide bonds. The molecule has 0 spiro atoms. The second-order valence-electron chi connectivity index (χ2n) is 8.99. The van der Waals surface area contributed by atoms with Crippen molar-refractivity contribution in [3.8, 4) is 0 Å². The maximum atomic E-state index is 11.9. The van der Waals surface area contributed by atoms with Crippen LogP contribution < -0.4 is 10.6 Å². The molecule has 23 heavy (non-hydrogen) atoms. The van der Waals surface area contributed by atoms with Crippen LogP contribution in [0.1, 0.15) is 74.1 Å². The Balaban J connectivity index is 2.50. The van der Waals surface area contributed by atoms with E-state index in [1.165, 1.54) is 19.3 Å². The first-order valence-corrected chi connectivity index (χ1v) is 9.28. The molecule has 2 N–H and O–H groups in total. The average Bonchev–Trinajstić information content (AvgIpc) is 2.31. The van der Waals surface area contributed by atoms with Crippen molar-refractivity contribution in [1.82, 2.24) is 10.6 Å². The summed E-state index contributed by atoms with van der Waals surface area (Å²) >= 11 is 0. The summed E-state index contributed by atoms with van der Waals surface area (Å²) in [5.74, 6) is 2.18. The first kappa shape index (κ1) is 20.3. The number of carbonyl (C=O) groups is 1. The van der Waals surface area contributed by atoms with Gasteiger partial charge in [-0.15, -0.1) is 0 Å². The number of rotatable bonds is 6. The summed E-state index contributed by atoms with van der Waals surface area (Å²) in [6, 6.07) is 0.878. The smallest absolute Gasteiger partial charge is 0.407 e. The third kappa shape index (κ3) is 9.19. The number of amides is 1. The summed E-state index contributed by atoms with van der Waals surface area (Å²) in [6.45, 7) is 15.5. The lowest BCUT2D eigenvalue weighted by Crippen LogP contribution is -2.48. The Morgan fingerprint density at radius 1 is 1.13 bits per heavy atom. The third-order valence-electron chi connectivity index (χ3n) is 4.30. The maximum Gasteiger partial charge on any atom is 0.407 e. The summed E-state index contributed by atoms with van der Waals surface area (Å²) in [4.78, 5) is 11.9. The molecule has 1 rings (SSSR count). The van der Waals surface area contributed by atoms with Gasteiger partial charge in [-0.1, -0.05) is 27.7 Å². The van der Waals surface area contributed by atoms with E-state index in [0.717, 1.165) is 18.3 Å². The third-order valence-corrected chi connectivity index (χ3v) is 4.30. The number of nitrogens with one attached hydrogen (secondary N) is 2. The Morgan fingerprint density at radius 3 is 2.17 bits per heavy atom.